The summed E-state index contributed by atoms with van der Waals surface area (Å²) >= 11 is 0. The molecule has 0 spiro atoms. The predicted molar refractivity (Wildman–Crippen MR) is 172 cm³/mol. The molecule has 0 saturated carbocycles. The lowest BCUT2D eigenvalue weighted by Crippen LogP contribution is -2.05. The van der Waals surface area contributed by atoms with Crippen molar-refractivity contribution in [3.05, 3.63) is 78.2 Å². The van der Waals surface area contributed by atoms with Crippen LogP contribution in [-0.2, 0) is 6.42 Å². The Morgan fingerprint density at radius 2 is 1.26 bits per heavy atom. The second-order valence-corrected chi connectivity index (χ2v) is 10.0. The van der Waals surface area contributed by atoms with Crippen molar-refractivity contribution in [1.29, 1.82) is 0 Å². The summed E-state index contributed by atoms with van der Waals surface area (Å²) in [6.07, 6.45) is 27.6. The van der Waals surface area contributed by atoms with Crippen LogP contribution >= 0.6 is 0 Å². The molecule has 0 radical (unpaired) electrons. The van der Waals surface area contributed by atoms with E-state index >= 15 is 0 Å². The third kappa shape index (κ3) is 24.1. The van der Waals surface area contributed by atoms with Crippen LogP contribution in [0.4, 0.5) is 5.82 Å². The summed E-state index contributed by atoms with van der Waals surface area (Å²) in [5, 5.41) is 3.30. The monoisotopic (exact) mass is 520 g/mol. The van der Waals surface area contributed by atoms with E-state index in [1.54, 1.807) is 6.20 Å². The van der Waals surface area contributed by atoms with Crippen LogP contribution in [0.15, 0.2) is 67.0 Å². The smallest absolute Gasteiger partial charge is 0.125 e. The highest BCUT2D eigenvalue weighted by molar-refractivity contribution is 5.33. The molecule has 0 aliphatic heterocycles. The Morgan fingerprint density at radius 1 is 0.737 bits per heavy atom. The number of anilines is 1. The number of aromatic nitrogens is 1. The number of hydrogen-bond acceptors (Lipinski definition) is 2. The van der Waals surface area contributed by atoms with E-state index in [4.69, 9.17) is 0 Å². The SMILES string of the molecule is C=C=CCCCCCCCCCCCCCCCCC.CC.Cc1ccc(CCNc2ccccn2)cc1. The van der Waals surface area contributed by atoms with Crippen molar-refractivity contribution < 1.29 is 0 Å². The highest BCUT2D eigenvalue weighted by atomic mass is 15.0. The molecule has 2 nitrogen and oxygen atoms in total. The molecule has 0 aliphatic rings. The summed E-state index contributed by atoms with van der Waals surface area (Å²) in [5.41, 5.74) is 5.50. The number of pyridine rings is 1. The zero-order chi connectivity index (χ0) is 27.9. The first-order valence-electron chi connectivity index (χ1n) is 15.8. The van der Waals surface area contributed by atoms with E-state index in [1.807, 2.05) is 32.0 Å². The zero-order valence-corrected chi connectivity index (χ0v) is 25.6. The maximum absolute atomic E-state index is 4.21. The fourth-order valence-corrected chi connectivity index (χ4v) is 4.28. The van der Waals surface area contributed by atoms with Crippen molar-refractivity contribution in [1.82, 2.24) is 4.98 Å². The molecule has 0 unspecified atom stereocenters. The summed E-state index contributed by atoms with van der Waals surface area (Å²) in [5.74, 6) is 0.939. The molecule has 1 aromatic heterocycles. The summed E-state index contributed by atoms with van der Waals surface area (Å²) in [6, 6.07) is 14.5. The first-order chi connectivity index (χ1) is 18.8. The van der Waals surface area contributed by atoms with Crippen molar-refractivity contribution >= 4 is 5.82 Å². The second kappa shape index (κ2) is 29.2. The molecule has 0 bridgehead atoms. The molecular formula is C36H60N2. The largest absolute Gasteiger partial charge is 0.370 e. The third-order valence-electron chi connectivity index (χ3n) is 6.60. The number of allylic oxidation sites excluding steroid dienone is 1. The molecular weight excluding hydrogens is 460 g/mol. The molecule has 0 atom stereocenters. The molecule has 2 heteroatoms. The van der Waals surface area contributed by atoms with E-state index in [-0.39, 0.29) is 0 Å². The minimum Gasteiger partial charge on any atom is -0.370 e. The van der Waals surface area contributed by atoms with Crippen molar-refractivity contribution in [2.75, 3.05) is 11.9 Å². The van der Waals surface area contributed by atoms with Crippen molar-refractivity contribution in [3.63, 3.8) is 0 Å². The normalized spacial score (nSPS) is 9.89. The van der Waals surface area contributed by atoms with Crippen LogP contribution in [0, 0.1) is 6.92 Å². The van der Waals surface area contributed by atoms with Gasteiger partial charge in [0.1, 0.15) is 5.82 Å². The van der Waals surface area contributed by atoms with Crippen LogP contribution in [0.2, 0.25) is 0 Å². The first-order valence-corrected chi connectivity index (χ1v) is 15.8. The van der Waals surface area contributed by atoms with Crippen LogP contribution in [-0.4, -0.2) is 11.5 Å². The summed E-state index contributed by atoms with van der Waals surface area (Å²) in [4.78, 5) is 4.21. The van der Waals surface area contributed by atoms with Gasteiger partial charge in [0.2, 0.25) is 0 Å². The van der Waals surface area contributed by atoms with Crippen LogP contribution in [0.5, 0.6) is 0 Å². The lowest BCUT2D eigenvalue weighted by Gasteiger charge is -2.05. The van der Waals surface area contributed by atoms with Gasteiger partial charge >= 0.3 is 0 Å². The Kier molecular flexibility index (Phi) is 27.5. The fourth-order valence-electron chi connectivity index (χ4n) is 4.28. The van der Waals surface area contributed by atoms with Crippen LogP contribution in [0.25, 0.3) is 0 Å². The molecule has 0 fully saturated rings. The van der Waals surface area contributed by atoms with Gasteiger partial charge in [-0.05, 0) is 50.0 Å². The van der Waals surface area contributed by atoms with Gasteiger partial charge in [0.15, 0.2) is 0 Å². The van der Waals surface area contributed by atoms with Crippen LogP contribution in [0.1, 0.15) is 135 Å². The van der Waals surface area contributed by atoms with Gasteiger partial charge in [0.25, 0.3) is 0 Å². The number of benzene rings is 1. The van der Waals surface area contributed by atoms with E-state index in [2.05, 4.69) is 66.8 Å². The molecule has 0 amide bonds. The van der Waals surface area contributed by atoms with E-state index in [0.29, 0.717) is 0 Å². The number of hydrogen-bond donors (Lipinski definition) is 1. The number of rotatable bonds is 20. The Bertz CT molecular complexity index is 760. The lowest BCUT2D eigenvalue weighted by molar-refractivity contribution is 0.533. The zero-order valence-electron chi connectivity index (χ0n) is 25.6. The Morgan fingerprint density at radius 3 is 1.74 bits per heavy atom. The number of unbranched alkanes of at least 4 members (excludes halogenated alkanes) is 15. The average Bonchev–Trinajstić information content (AvgIpc) is 2.96. The van der Waals surface area contributed by atoms with Gasteiger partial charge < -0.3 is 5.32 Å². The van der Waals surface area contributed by atoms with Gasteiger partial charge in [0, 0.05) is 12.7 Å². The minimum atomic E-state index is 0.917. The predicted octanol–water partition coefficient (Wildman–Crippen LogP) is 11.7. The van der Waals surface area contributed by atoms with Crippen molar-refractivity contribution in [3.8, 4) is 0 Å². The standard InChI is InChI=1S/C20H38.C14H16N2.C2H6/c1-3-5-7-9-11-13-15-17-19-20-18-16-14-12-10-8-6-4-2;1-12-5-7-13(8-6-12)9-11-16-14-4-2-3-10-15-14;1-2/h5H,1,4,6-20H2,2H3;2-8,10H,9,11H2,1H3,(H,15,16);1-2H3. The van der Waals surface area contributed by atoms with E-state index < -0.39 is 0 Å². The van der Waals surface area contributed by atoms with Gasteiger partial charge in [-0.1, -0.05) is 153 Å². The maximum atomic E-state index is 4.21. The lowest BCUT2D eigenvalue weighted by atomic mass is 10.0. The summed E-state index contributed by atoms with van der Waals surface area (Å²) < 4.78 is 0. The summed E-state index contributed by atoms with van der Waals surface area (Å²) in [6.45, 7) is 12.9. The van der Waals surface area contributed by atoms with Gasteiger partial charge in [-0.2, -0.15) is 0 Å². The molecule has 1 N–H and O–H groups in total. The molecule has 2 rings (SSSR count). The average molecular weight is 521 g/mol. The third-order valence-corrected chi connectivity index (χ3v) is 6.60. The van der Waals surface area contributed by atoms with Crippen molar-refractivity contribution in [2.24, 2.45) is 0 Å². The molecule has 1 aromatic carbocycles. The Balaban J connectivity index is 0.000000687. The van der Waals surface area contributed by atoms with Gasteiger partial charge in [-0.25, -0.2) is 4.98 Å². The second-order valence-electron chi connectivity index (χ2n) is 10.0. The fraction of sp³-hybridized carbons (Fsp3) is 0.611. The molecule has 2 aromatic rings. The van der Waals surface area contributed by atoms with E-state index in [1.165, 1.54) is 114 Å². The quantitative estimate of drug-likeness (QED) is 0.139. The number of aryl methyl sites for hydroxylation is 1. The van der Waals surface area contributed by atoms with Crippen LogP contribution in [0.3, 0.4) is 0 Å². The van der Waals surface area contributed by atoms with E-state index in [0.717, 1.165) is 18.8 Å². The maximum Gasteiger partial charge on any atom is 0.125 e. The molecule has 214 valence electrons. The molecule has 1 heterocycles. The first kappa shape index (κ1) is 35.7. The highest BCUT2D eigenvalue weighted by Gasteiger charge is 1.95. The Hall–Kier alpha value is -2.31. The molecule has 38 heavy (non-hydrogen) atoms. The van der Waals surface area contributed by atoms with Gasteiger partial charge in [0.05, 0.1) is 0 Å². The number of nitrogens with zero attached hydrogens (tertiary/aromatic N) is 1. The number of nitrogens with one attached hydrogen (secondary N) is 1. The van der Waals surface area contributed by atoms with Crippen LogP contribution < -0.4 is 5.32 Å². The Labute approximate surface area is 237 Å². The molecule has 0 saturated heterocycles. The van der Waals surface area contributed by atoms with Crippen molar-refractivity contribution in [2.45, 2.75) is 137 Å². The highest BCUT2D eigenvalue weighted by Crippen LogP contribution is 2.13. The van der Waals surface area contributed by atoms with E-state index in [9.17, 15) is 0 Å². The topological polar surface area (TPSA) is 24.9 Å². The molecule has 0 aliphatic carbocycles. The van der Waals surface area contributed by atoms with Gasteiger partial charge in [-0.15, -0.1) is 5.73 Å². The minimum absolute atomic E-state index is 0.917. The van der Waals surface area contributed by atoms with Gasteiger partial charge in [-0.3, -0.25) is 0 Å². The summed E-state index contributed by atoms with van der Waals surface area (Å²) in [7, 11) is 0.